The van der Waals surface area contributed by atoms with Crippen molar-refractivity contribution in [1.29, 1.82) is 0 Å². The molecule has 1 aliphatic rings. The highest BCUT2D eigenvalue weighted by Crippen LogP contribution is 2.17. The fraction of sp³-hybridized carbons (Fsp3) is 0.429. The van der Waals surface area contributed by atoms with Crippen LogP contribution in [0.25, 0.3) is 0 Å². The van der Waals surface area contributed by atoms with Crippen LogP contribution in [0.5, 0.6) is 0 Å². The first-order chi connectivity index (χ1) is 13.6. The van der Waals surface area contributed by atoms with Gasteiger partial charge in [-0.15, -0.1) is 11.3 Å². The highest BCUT2D eigenvalue weighted by Gasteiger charge is 2.21. The summed E-state index contributed by atoms with van der Waals surface area (Å²) in [7, 11) is 0. The zero-order chi connectivity index (χ0) is 19.8. The summed E-state index contributed by atoms with van der Waals surface area (Å²) in [6.07, 6.45) is 2.31. The first-order valence-electron chi connectivity index (χ1n) is 9.68. The fourth-order valence-electron chi connectivity index (χ4n) is 3.29. The Morgan fingerprint density at radius 2 is 2.18 bits per heavy atom. The van der Waals surface area contributed by atoms with Crippen molar-refractivity contribution in [1.82, 2.24) is 10.2 Å². The lowest BCUT2D eigenvalue weighted by Crippen LogP contribution is -2.37. The quantitative estimate of drug-likeness (QED) is 0.677. The molecule has 1 fully saturated rings. The Kier molecular flexibility index (Phi) is 7.59. The molecule has 0 bridgehead atoms. The standard InChI is InChI=1S/C21H27N3O3S/c1-2-22-21(26)16-6-3-7-17(12-16)23-20(25)15-24(13-18-8-4-10-27-18)14-19-9-5-11-28-19/h3,5-7,9,11-12,18H,2,4,8,10,13-15H2,1H3,(H,22,26)(H,23,25)/t18-/m0/s1. The number of nitrogens with one attached hydrogen (secondary N) is 2. The normalized spacial score (nSPS) is 16.3. The average Bonchev–Trinajstić information content (AvgIpc) is 3.36. The maximum Gasteiger partial charge on any atom is 0.251 e. The molecule has 150 valence electrons. The second kappa shape index (κ2) is 10.4. The minimum absolute atomic E-state index is 0.0948. The summed E-state index contributed by atoms with van der Waals surface area (Å²) < 4.78 is 5.75. The van der Waals surface area contributed by atoms with Gasteiger partial charge in [0.1, 0.15) is 0 Å². The fourth-order valence-corrected chi connectivity index (χ4v) is 4.03. The van der Waals surface area contributed by atoms with Crippen LogP contribution in [0.4, 0.5) is 5.69 Å². The van der Waals surface area contributed by atoms with Gasteiger partial charge in [0.15, 0.2) is 0 Å². The van der Waals surface area contributed by atoms with E-state index in [1.54, 1.807) is 35.6 Å². The Morgan fingerprint density at radius 3 is 2.89 bits per heavy atom. The summed E-state index contributed by atoms with van der Waals surface area (Å²) in [5.74, 6) is -0.237. The van der Waals surface area contributed by atoms with Gasteiger partial charge in [-0.2, -0.15) is 0 Å². The number of ether oxygens (including phenoxy) is 1. The van der Waals surface area contributed by atoms with E-state index in [-0.39, 0.29) is 24.5 Å². The first kappa shape index (κ1) is 20.5. The van der Waals surface area contributed by atoms with Gasteiger partial charge in [-0.3, -0.25) is 14.5 Å². The third-order valence-corrected chi connectivity index (χ3v) is 5.42. The molecule has 6 nitrogen and oxygen atoms in total. The lowest BCUT2D eigenvalue weighted by molar-refractivity contribution is -0.117. The molecule has 1 aliphatic heterocycles. The smallest absolute Gasteiger partial charge is 0.251 e. The van der Waals surface area contributed by atoms with Crippen LogP contribution >= 0.6 is 11.3 Å². The summed E-state index contributed by atoms with van der Waals surface area (Å²) >= 11 is 1.69. The van der Waals surface area contributed by atoms with Crippen molar-refractivity contribution < 1.29 is 14.3 Å². The Labute approximate surface area is 169 Å². The highest BCUT2D eigenvalue weighted by atomic mass is 32.1. The number of anilines is 1. The third-order valence-electron chi connectivity index (χ3n) is 4.56. The topological polar surface area (TPSA) is 70.7 Å². The highest BCUT2D eigenvalue weighted by molar-refractivity contribution is 7.09. The Morgan fingerprint density at radius 1 is 1.29 bits per heavy atom. The minimum atomic E-state index is -0.142. The molecule has 28 heavy (non-hydrogen) atoms. The Balaban J connectivity index is 1.61. The van der Waals surface area contributed by atoms with Crippen LogP contribution in [0.15, 0.2) is 41.8 Å². The van der Waals surface area contributed by atoms with Crippen LogP contribution < -0.4 is 10.6 Å². The zero-order valence-electron chi connectivity index (χ0n) is 16.1. The average molecular weight is 402 g/mol. The van der Waals surface area contributed by atoms with Gasteiger partial charge in [-0.25, -0.2) is 0 Å². The first-order valence-corrected chi connectivity index (χ1v) is 10.6. The number of benzene rings is 1. The molecular weight excluding hydrogens is 374 g/mol. The number of amides is 2. The summed E-state index contributed by atoms with van der Waals surface area (Å²) in [4.78, 5) is 28.0. The van der Waals surface area contributed by atoms with Crippen molar-refractivity contribution in [2.75, 3.05) is 31.6 Å². The van der Waals surface area contributed by atoms with Crippen LogP contribution in [-0.4, -0.2) is 49.1 Å². The number of rotatable bonds is 9. The largest absolute Gasteiger partial charge is 0.377 e. The van der Waals surface area contributed by atoms with Gasteiger partial charge in [-0.1, -0.05) is 12.1 Å². The van der Waals surface area contributed by atoms with E-state index in [2.05, 4.69) is 21.6 Å². The molecule has 0 aliphatic carbocycles. The monoisotopic (exact) mass is 401 g/mol. The van der Waals surface area contributed by atoms with Gasteiger partial charge in [0, 0.05) is 42.4 Å². The number of carbonyl (C=O) groups is 2. The molecular formula is C21H27N3O3S. The summed E-state index contributed by atoms with van der Waals surface area (Å²) in [5.41, 5.74) is 1.16. The Bertz CT molecular complexity index is 773. The molecule has 2 amide bonds. The molecule has 0 unspecified atom stereocenters. The maximum atomic E-state index is 12.6. The molecule has 7 heteroatoms. The van der Waals surface area contributed by atoms with Gasteiger partial charge in [0.05, 0.1) is 12.6 Å². The van der Waals surface area contributed by atoms with Crippen molar-refractivity contribution >= 4 is 28.8 Å². The molecule has 3 rings (SSSR count). The number of hydrogen-bond donors (Lipinski definition) is 2. The molecule has 0 radical (unpaired) electrons. The molecule has 2 aromatic rings. The number of hydrogen-bond acceptors (Lipinski definition) is 5. The van der Waals surface area contributed by atoms with Crippen molar-refractivity contribution in [2.45, 2.75) is 32.4 Å². The van der Waals surface area contributed by atoms with Crippen molar-refractivity contribution in [3.63, 3.8) is 0 Å². The van der Waals surface area contributed by atoms with E-state index >= 15 is 0 Å². The lowest BCUT2D eigenvalue weighted by atomic mass is 10.2. The van der Waals surface area contributed by atoms with E-state index < -0.39 is 0 Å². The van der Waals surface area contributed by atoms with Crippen molar-refractivity contribution in [3.8, 4) is 0 Å². The molecule has 0 spiro atoms. The summed E-state index contributed by atoms with van der Waals surface area (Å²) in [6, 6.07) is 11.1. The van der Waals surface area contributed by atoms with E-state index in [0.29, 0.717) is 17.8 Å². The van der Waals surface area contributed by atoms with Crippen LogP contribution in [0.2, 0.25) is 0 Å². The van der Waals surface area contributed by atoms with Crippen molar-refractivity contribution in [2.24, 2.45) is 0 Å². The second-order valence-corrected chi connectivity index (χ2v) is 7.90. The molecule has 1 aromatic carbocycles. The van der Waals surface area contributed by atoms with Gasteiger partial charge >= 0.3 is 0 Å². The summed E-state index contributed by atoms with van der Waals surface area (Å²) in [6.45, 7) is 4.99. The van der Waals surface area contributed by atoms with E-state index in [0.717, 1.165) is 32.5 Å². The molecule has 0 saturated carbocycles. The van der Waals surface area contributed by atoms with E-state index in [4.69, 9.17) is 4.74 Å². The van der Waals surface area contributed by atoms with Crippen LogP contribution in [0, 0.1) is 0 Å². The van der Waals surface area contributed by atoms with E-state index in [9.17, 15) is 9.59 Å². The maximum absolute atomic E-state index is 12.6. The van der Waals surface area contributed by atoms with Gasteiger partial charge < -0.3 is 15.4 Å². The van der Waals surface area contributed by atoms with Gasteiger partial charge in [0.25, 0.3) is 5.91 Å². The van der Waals surface area contributed by atoms with Gasteiger partial charge in [-0.05, 0) is 49.4 Å². The third kappa shape index (κ3) is 6.15. The second-order valence-electron chi connectivity index (χ2n) is 6.87. The molecule has 2 heterocycles. The van der Waals surface area contributed by atoms with E-state index in [1.165, 1.54) is 4.88 Å². The number of carbonyl (C=O) groups excluding carboxylic acids is 2. The SMILES string of the molecule is CCNC(=O)c1cccc(NC(=O)CN(Cc2cccs2)C[C@@H]2CCCO2)c1. The molecule has 1 saturated heterocycles. The molecule has 2 N–H and O–H groups in total. The predicted octanol–water partition coefficient (Wildman–Crippen LogP) is 3.12. The summed E-state index contributed by atoms with van der Waals surface area (Å²) in [5, 5.41) is 7.73. The molecule has 1 aromatic heterocycles. The zero-order valence-corrected chi connectivity index (χ0v) is 17.0. The van der Waals surface area contributed by atoms with Crippen LogP contribution in [0.3, 0.4) is 0 Å². The number of nitrogens with zero attached hydrogens (tertiary/aromatic N) is 1. The van der Waals surface area contributed by atoms with Crippen LogP contribution in [0.1, 0.15) is 35.0 Å². The lowest BCUT2D eigenvalue weighted by Gasteiger charge is -2.24. The minimum Gasteiger partial charge on any atom is -0.377 e. The number of thiophene rings is 1. The van der Waals surface area contributed by atoms with Gasteiger partial charge in [0.2, 0.25) is 5.91 Å². The van der Waals surface area contributed by atoms with Crippen LogP contribution in [-0.2, 0) is 16.1 Å². The predicted molar refractivity (Wildman–Crippen MR) is 112 cm³/mol. The molecule has 1 atom stereocenters. The van der Waals surface area contributed by atoms with Crippen molar-refractivity contribution in [3.05, 3.63) is 52.2 Å². The Hall–Kier alpha value is -2.22. The van der Waals surface area contributed by atoms with E-state index in [1.807, 2.05) is 18.4 Å².